The van der Waals surface area contributed by atoms with Crippen molar-refractivity contribution in [3.63, 3.8) is 0 Å². The first kappa shape index (κ1) is 6.91. The van der Waals surface area contributed by atoms with E-state index in [0.717, 1.165) is 17.2 Å². The number of nitrogens with two attached hydrogens (primary N) is 1. The molecule has 0 unspecified atom stereocenters. The maximum atomic E-state index is 10.4. The third-order valence-corrected chi connectivity index (χ3v) is 1.84. The van der Waals surface area contributed by atoms with Crippen LogP contribution in [0.3, 0.4) is 0 Å². The molecule has 0 fully saturated rings. The van der Waals surface area contributed by atoms with Gasteiger partial charge in [0.1, 0.15) is 0 Å². The number of nitrogen functional groups attached to an aromatic ring is 1. The SMILES string of the molecule is Nc1cccc2cc(C=O)[nH]c12. The summed E-state index contributed by atoms with van der Waals surface area (Å²) < 4.78 is 0. The predicted octanol–water partition coefficient (Wildman–Crippen LogP) is 1.56. The summed E-state index contributed by atoms with van der Waals surface area (Å²) in [5, 5.41) is 0.970. The van der Waals surface area contributed by atoms with E-state index in [1.54, 1.807) is 12.1 Å². The largest absolute Gasteiger partial charge is 0.397 e. The van der Waals surface area contributed by atoms with E-state index in [0.29, 0.717) is 11.4 Å². The molecule has 2 rings (SSSR count). The fourth-order valence-corrected chi connectivity index (χ4v) is 1.26. The highest BCUT2D eigenvalue weighted by molar-refractivity contribution is 5.94. The van der Waals surface area contributed by atoms with Gasteiger partial charge in [-0.25, -0.2) is 0 Å². The molecule has 0 aliphatic rings. The van der Waals surface area contributed by atoms with Gasteiger partial charge >= 0.3 is 0 Å². The van der Waals surface area contributed by atoms with Gasteiger partial charge in [-0.15, -0.1) is 0 Å². The van der Waals surface area contributed by atoms with E-state index in [-0.39, 0.29) is 0 Å². The second-order valence-electron chi connectivity index (χ2n) is 2.65. The summed E-state index contributed by atoms with van der Waals surface area (Å²) in [6, 6.07) is 7.35. The molecule has 0 bridgehead atoms. The summed E-state index contributed by atoms with van der Waals surface area (Å²) in [6.45, 7) is 0. The normalized spacial score (nSPS) is 10.3. The minimum absolute atomic E-state index is 0.558. The van der Waals surface area contributed by atoms with Crippen LogP contribution in [0, 0.1) is 0 Å². The summed E-state index contributed by atoms with van der Waals surface area (Å²) in [7, 11) is 0. The zero-order valence-corrected chi connectivity index (χ0v) is 6.37. The van der Waals surface area contributed by atoms with Crippen LogP contribution in [0.5, 0.6) is 0 Å². The molecule has 1 aromatic carbocycles. The van der Waals surface area contributed by atoms with Crippen LogP contribution in [-0.2, 0) is 0 Å². The number of aromatic amines is 1. The molecular weight excluding hydrogens is 152 g/mol. The number of aldehydes is 1. The van der Waals surface area contributed by atoms with Crippen molar-refractivity contribution in [3.05, 3.63) is 30.0 Å². The van der Waals surface area contributed by atoms with Gasteiger partial charge in [0.05, 0.1) is 16.9 Å². The van der Waals surface area contributed by atoms with E-state index in [1.807, 2.05) is 12.1 Å². The van der Waals surface area contributed by atoms with Gasteiger partial charge in [-0.1, -0.05) is 12.1 Å². The number of hydrogen-bond acceptors (Lipinski definition) is 2. The Morgan fingerprint density at radius 2 is 2.25 bits per heavy atom. The smallest absolute Gasteiger partial charge is 0.166 e. The topological polar surface area (TPSA) is 58.9 Å². The minimum atomic E-state index is 0.558. The van der Waals surface area contributed by atoms with Gasteiger partial charge in [0, 0.05) is 5.39 Å². The number of para-hydroxylation sites is 1. The lowest BCUT2D eigenvalue weighted by molar-refractivity contribution is 0.112. The highest BCUT2D eigenvalue weighted by Crippen LogP contribution is 2.19. The van der Waals surface area contributed by atoms with Gasteiger partial charge in [0.2, 0.25) is 0 Å². The van der Waals surface area contributed by atoms with Crippen molar-refractivity contribution >= 4 is 22.9 Å². The number of aromatic nitrogens is 1. The second kappa shape index (κ2) is 2.37. The Balaban J connectivity index is 2.82. The van der Waals surface area contributed by atoms with Crippen molar-refractivity contribution in [2.75, 3.05) is 5.73 Å². The van der Waals surface area contributed by atoms with E-state index < -0.39 is 0 Å². The molecule has 1 aromatic heterocycles. The standard InChI is InChI=1S/C9H8N2O/c10-8-3-1-2-6-4-7(5-12)11-9(6)8/h1-5,11H,10H2. The lowest BCUT2D eigenvalue weighted by Crippen LogP contribution is -1.85. The summed E-state index contributed by atoms with van der Waals surface area (Å²) >= 11 is 0. The first-order chi connectivity index (χ1) is 5.81. The molecule has 0 amide bonds. The highest BCUT2D eigenvalue weighted by Gasteiger charge is 2.00. The van der Waals surface area contributed by atoms with Crippen molar-refractivity contribution in [1.29, 1.82) is 0 Å². The molecule has 0 spiro atoms. The van der Waals surface area contributed by atoms with Crippen LogP contribution in [-0.4, -0.2) is 11.3 Å². The quantitative estimate of drug-likeness (QED) is 0.491. The zero-order chi connectivity index (χ0) is 8.55. The van der Waals surface area contributed by atoms with Crippen molar-refractivity contribution < 1.29 is 4.79 Å². The molecule has 0 aliphatic carbocycles. The van der Waals surface area contributed by atoms with Crippen LogP contribution in [0.4, 0.5) is 5.69 Å². The fraction of sp³-hybridized carbons (Fsp3) is 0. The molecule has 0 atom stereocenters. The summed E-state index contributed by atoms with van der Waals surface area (Å²) in [5.74, 6) is 0. The van der Waals surface area contributed by atoms with E-state index in [4.69, 9.17) is 5.73 Å². The minimum Gasteiger partial charge on any atom is -0.397 e. The Morgan fingerprint density at radius 1 is 1.42 bits per heavy atom. The average molecular weight is 160 g/mol. The van der Waals surface area contributed by atoms with Crippen LogP contribution < -0.4 is 5.73 Å². The molecular formula is C9H8N2O. The van der Waals surface area contributed by atoms with Crippen molar-refractivity contribution in [2.45, 2.75) is 0 Å². The average Bonchev–Trinajstić information content (AvgIpc) is 2.49. The number of carbonyl (C=O) groups is 1. The summed E-state index contributed by atoms with van der Waals surface area (Å²) in [6.07, 6.45) is 0.777. The van der Waals surface area contributed by atoms with Gasteiger partial charge in [-0.05, 0) is 12.1 Å². The Kier molecular flexibility index (Phi) is 1.37. The van der Waals surface area contributed by atoms with E-state index in [9.17, 15) is 4.79 Å². The van der Waals surface area contributed by atoms with Crippen LogP contribution >= 0.6 is 0 Å². The first-order valence-corrected chi connectivity index (χ1v) is 3.63. The van der Waals surface area contributed by atoms with Crippen molar-refractivity contribution in [1.82, 2.24) is 4.98 Å². The molecule has 60 valence electrons. The van der Waals surface area contributed by atoms with Gasteiger partial charge < -0.3 is 10.7 Å². The second-order valence-corrected chi connectivity index (χ2v) is 2.65. The number of carbonyl (C=O) groups excluding carboxylic acids is 1. The molecule has 3 N–H and O–H groups in total. The molecule has 2 aromatic rings. The molecule has 0 saturated carbocycles. The third kappa shape index (κ3) is 0.871. The number of fused-ring (bicyclic) bond motifs is 1. The van der Waals surface area contributed by atoms with Crippen molar-refractivity contribution in [3.8, 4) is 0 Å². The third-order valence-electron chi connectivity index (χ3n) is 1.84. The highest BCUT2D eigenvalue weighted by atomic mass is 16.1. The van der Waals surface area contributed by atoms with Crippen LogP contribution in [0.1, 0.15) is 10.5 Å². The summed E-state index contributed by atoms with van der Waals surface area (Å²) in [5.41, 5.74) is 7.74. The van der Waals surface area contributed by atoms with Crippen LogP contribution in [0.25, 0.3) is 10.9 Å². The van der Waals surface area contributed by atoms with Gasteiger partial charge in [-0.2, -0.15) is 0 Å². The molecule has 0 aliphatic heterocycles. The van der Waals surface area contributed by atoms with E-state index in [2.05, 4.69) is 4.98 Å². The number of benzene rings is 1. The lowest BCUT2D eigenvalue weighted by Gasteiger charge is -1.92. The summed E-state index contributed by atoms with van der Waals surface area (Å²) in [4.78, 5) is 13.3. The molecule has 3 nitrogen and oxygen atoms in total. The number of H-pyrrole nitrogens is 1. The number of rotatable bonds is 1. The molecule has 1 heterocycles. The van der Waals surface area contributed by atoms with Gasteiger partial charge in [0.25, 0.3) is 0 Å². The number of anilines is 1. The van der Waals surface area contributed by atoms with Gasteiger partial charge in [-0.3, -0.25) is 4.79 Å². The zero-order valence-electron chi connectivity index (χ0n) is 6.37. The van der Waals surface area contributed by atoms with E-state index in [1.165, 1.54) is 0 Å². The fourth-order valence-electron chi connectivity index (χ4n) is 1.26. The number of nitrogens with one attached hydrogen (secondary N) is 1. The monoisotopic (exact) mass is 160 g/mol. The Labute approximate surface area is 69.2 Å². The number of hydrogen-bond donors (Lipinski definition) is 2. The molecule has 0 radical (unpaired) electrons. The Hall–Kier alpha value is -1.77. The van der Waals surface area contributed by atoms with Crippen molar-refractivity contribution in [2.24, 2.45) is 0 Å². The van der Waals surface area contributed by atoms with E-state index >= 15 is 0 Å². The Bertz CT molecular complexity index is 431. The van der Waals surface area contributed by atoms with Crippen LogP contribution in [0.2, 0.25) is 0 Å². The predicted molar refractivity (Wildman–Crippen MR) is 48.1 cm³/mol. The molecule has 3 heteroatoms. The van der Waals surface area contributed by atoms with Gasteiger partial charge in [0.15, 0.2) is 6.29 Å². The maximum Gasteiger partial charge on any atom is 0.166 e. The maximum absolute atomic E-state index is 10.4. The Morgan fingerprint density at radius 3 is 2.92 bits per heavy atom. The first-order valence-electron chi connectivity index (χ1n) is 3.63. The molecule has 0 saturated heterocycles. The lowest BCUT2D eigenvalue weighted by atomic mass is 10.2. The molecule has 12 heavy (non-hydrogen) atoms. The van der Waals surface area contributed by atoms with Crippen LogP contribution in [0.15, 0.2) is 24.3 Å².